The highest BCUT2D eigenvalue weighted by atomic mass is 19.4. The molecule has 1 fully saturated rings. The number of hydrogen-bond acceptors (Lipinski definition) is 5. The maximum Gasteiger partial charge on any atom is 0.451 e. The SMILES string of the molecule is CN(c1cc(NN)nc(C(F)(F)F)n1)C1CC1. The minimum absolute atomic E-state index is 0.0465. The topological polar surface area (TPSA) is 67.1 Å². The molecular formula is C9H12F3N5. The van der Waals surface area contributed by atoms with Crippen LogP contribution in [0.25, 0.3) is 0 Å². The highest BCUT2D eigenvalue weighted by Gasteiger charge is 2.36. The first-order chi connectivity index (χ1) is 7.91. The summed E-state index contributed by atoms with van der Waals surface area (Å²) in [6, 6.07) is 1.66. The molecule has 3 N–H and O–H groups in total. The second kappa shape index (κ2) is 4.02. The van der Waals surface area contributed by atoms with E-state index in [2.05, 4.69) is 15.4 Å². The van der Waals surface area contributed by atoms with Gasteiger partial charge in [-0.05, 0) is 12.8 Å². The van der Waals surface area contributed by atoms with E-state index in [0.717, 1.165) is 12.8 Å². The molecule has 0 saturated heterocycles. The van der Waals surface area contributed by atoms with Gasteiger partial charge in [-0.3, -0.25) is 0 Å². The van der Waals surface area contributed by atoms with Crippen LogP contribution in [0.4, 0.5) is 24.8 Å². The zero-order chi connectivity index (χ0) is 12.6. The predicted octanol–water partition coefficient (Wildman–Crippen LogP) is 1.38. The molecule has 1 aliphatic rings. The molecule has 17 heavy (non-hydrogen) atoms. The first-order valence-electron chi connectivity index (χ1n) is 5.07. The van der Waals surface area contributed by atoms with Crippen LogP contribution in [0, 0.1) is 0 Å². The molecule has 1 aromatic heterocycles. The first kappa shape index (κ1) is 11.9. The van der Waals surface area contributed by atoms with Gasteiger partial charge in [-0.25, -0.2) is 15.8 Å². The Bertz CT molecular complexity index is 416. The van der Waals surface area contributed by atoms with E-state index in [1.165, 1.54) is 6.07 Å². The standard InChI is InChI=1S/C9H12F3N5/c1-17(5-2-3-5)7-4-6(16-13)14-8(15-7)9(10,11)12/h4-5H,2-3,13H2,1H3,(H,14,15,16). The molecule has 1 aliphatic carbocycles. The molecule has 0 atom stereocenters. The average molecular weight is 247 g/mol. The van der Waals surface area contributed by atoms with Gasteiger partial charge in [0.1, 0.15) is 11.6 Å². The number of hydrogen-bond donors (Lipinski definition) is 2. The number of aromatic nitrogens is 2. The van der Waals surface area contributed by atoms with E-state index in [0.29, 0.717) is 0 Å². The number of alkyl halides is 3. The molecule has 0 spiro atoms. The van der Waals surface area contributed by atoms with Crippen molar-refractivity contribution in [2.75, 3.05) is 17.4 Å². The van der Waals surface area contributed by atoms with E-state index >= 15 is 0 Å². The summed E-state index contributed by atoms with van der Waals surface area (Å²) in [6.07, 6.45) is -2.65. The van der Waals surface area contributed by atoms with Crippen LogP contribution in [0.5, 0.6) is 0 Å². The number of nitrogen functional groups attached to an aromatic ring is 1. The van der Waals surface area contributed by atoms with Gasteiger partial charge in [0.2, 0.25) is 5.82 Å². The number of hydrazine groups is 1. The highest BCUT2D eigenvalue weighted by Crippen LogP contribution is 2.32. The molecule has 0 amide bonds. The van der Waals surface area contributed by atoms with Gasteiger partial charge in [0, 0.05) is 19.2 Å². The van der Waals surface area contributed by atoms with Crippen LogP contribution in [0.3, 0.4) is 0 Å². The number of nitrogens with zero attached hydrogens (tertiary/aromatic N) is 3. The fraction of sp³-hybridized carbons (Fsp3) is 0.556. The fourth-order valence-electron chi connectivity index (χ4n) is 1.46. The Kier molecular flexibility index (Phi) is 2.82. The van der Waals surface area contributed by atoms with Crippen molar-refractivity contribution in [3.8, 4) is 0 Å². The third-order valence-electron chi connectivity index (χ3n) is 2.57. The Hall–Kier alpha value is -1.57. The van der Waals surface area contributed by atoms with E-state index < -0.39 is 12.0 Å². The van der Waals surface area contributed by atoms with Gasteiger partial charge in [-0.2, -0.15) is 13.2 Å². The van der Waals surface area contributed by atoms with Crippen molar-refractivity contribution in [3.05, 3.63) is 11.9 Å². The van der Waals surface area contributed by atoms with E-state index in [4.69, 9.17) is 5.84 Å². The average Bonchev–Trinajstić information content (AvgIpc) is 3.10. The quantitative estimate of drug-likeness (QED) is 0.624. The van der Waals surface area contributed by atoms with Crippen molar-refractivity contribution < 1.29 is 13.2 Å². The zero-order valence-corrected chi connectivity index (χ0v) is 9.12. The summed E-state index contributed by atoms with van der Waals surface area (Å²) < 4.78 is 37.7. The van der Waals surface area contributed by atoms with Crippen LogP contribution in [0.1, 0.15) is 18.7 Å². The second-order valence-electron chi connectivity index (χ2n) is 3.92. The van der Waals surface area contributed by atoms with Gasteiger partial charge in [-0.15, -0.1) is 0 Å². The maximum atomic E-state index is 12.6. The Labute approximate surface area is 95.8 Å². The second-order valence-corrected chi connectivity index (χ2v) is 3.92. The Morgan fingerprint density at radius 1 is 1.41 bits per heavy atom. The molecule has 1 saturated carbocycles. The van der Waals surface area contributed by atoms with Crippen molar-refractivity contribution >= 4 is 11.6 Å². The molecule has 1 aromatic rings. The maximum absolute atomic E-state index is 12.6. The van der Waals surface area contributed by atoms with E-state index in [9.17, 15) is 13.2 Å². The van der Waals surface area contributed by atoms with E-state index in [1.807, 2.05) is 0 Å². The van der Waals surface area contributed by atoms with Crippen molar-refractivity contribution in [2.45, 2.75) is 25.1 Å². The first-order valence-corrected chi connectivity index (χ1v) is 5.07. The number of rotatable bonds is 3. The van der Waals surface area contributed by atoms with Gasteiger partial charge < -0.3 is 10.3 Å². The van der Waals surface area contributed by atoms with Crippen molar-refractivity contribution in [3.63, 3.8) is 0 Å². The lowest BCUT2D eigenvalue weighted by molar-refractivity contribution is -0.144. The summed E-state index contributed by atoms with van der Waals surface area (Å²) in [7, 11) is 1.71. The molecule has 0 unspecified atom stereocenters. The number of nitrogens with one attached hydrogen (secondary N) is 1. The van der Waals surface area contributed by atoms with Crippen molar-refractivity contribution in [1.82, 2.24) is 9.97 Å². The van der Waals surface area contributed by atoms with Gasteiger partial charge in [0.15, 0.2) is 0 Å². The van der Waals surface area contributed by atoms with Gasteiger partial charge >= 0.3 is 6.18 Å². The molecule has 1 heterocycles. The Balaban J connectivity index is 2.37. The summed E-state index contributed by atoms with van der Waals surface area (Å²) in [5.41, 5.74) is 2.12. The van der Waals surface area contributed by atoms with Crippen LogP contribution < -0.4 is 16.2 Å². The molecule has 5 nitrogen and oxygen atoms in total. The molecule has 8 heteroatoms. The number of nitrogens with two attached hydrogens (primary N) is 1. The summed E-state index contributed by atoms with van der Waals surface area (Å²) in [6.45, 7) is 0. The smallest absolute Gasteiger partial charge is 0.357 e. The van der Waals surface area contributed by atoms with Crippen LogP contribution in [0.2, 0.25) is 0 Å². The lowest BCUT2D eigenvalue weighted by Crippen LogP contribution is -2.24. The highest BCUT2D eigenvalue weighted by molar-refractivity contribution is 5.50. The largest absolute Gasteiger partial charge is 0.451 e. The summed E-state index contributed by atoms with van der Waals surface area (Å²) >= 11 is 0. The fourth-order valence-corrected chi connectivity index (χ4v) is 1.46. The molecule has 2 rings (SSSR count). The number of halogens is 3. The van der Waals surface area contributed by atoms with Crippen molar-refractivity contribution in [1.29, 1.82) is 0 Å². The molecule has 0 aromatic carbocycles. The van der Waals surface area contributed by atoms with Crippen LogP contribution in [-0.2, 0) is 6.18 Å². The Morgan fingerprint density at radius 2 is 2.06 bits per heavy atom. The molecular weight excluding hydrogens is 235 g/mol. The van der Waals surface area contributed by atoms with Gasteiger partial charge in [0.25, 0.3) is 0 Å². The monoisotopic (exact) mass is 247 g/mol. The van der Waals surface area contributed by atoms with Gasteiger partial charge in [0.05, 0.1) is 0 Å². The molecule has 0 bridgehead atoms. The van der Waals surface area contributed by atoms with Crippen molar-refractivity contribution in [2.24, 2.45) is 5.84 Å². The molecule has 94 valence electrons. The van der Waals surface area contributed by atoms with Crippen LogP contribution >= 0.6 is 0 Å². The summed E-state index contributed by atoms with van der Waals surface area (Å²) in [4.78, 5) is 8.50. The van der Waals surface area contributed by atoms with Crippen LogP contribution in [-0.4, -0.2) is 23.1 Å². The lowest BCUT2D eigenvalue weighted by Gasteiger charge is -2.19. The third kappa shape index (κ3) is 2.57. The summed E-state index contributed by atoms with van der Waals surface area (Å²) in [5, 5.41) is 0. The minimum atomic E-state index is -4.58. The third-order valence-corrected chi connectivity index (χ3v) is 2.57. The normalized spacial score (nSPS) is 15.8. The molecule has 0 aliphatic heterocycles. The lowest BCUT2D eigenvalue weighted by atomic mass is 10.4. The van der Waals surface area contributed by atoms with Crippen LogP contribution in [0.15, 0.2) is 6.07 Å². The number of anilines is 2. The van der Waals surface area contributed by atoms with Gasteiger partial charge in [-0.1, -0.05) is 0 Å². The van der Waals surface area contributed by atoms with E-state index in [-0.39, 0.29) is 17.7 Å². The summed E-state index contributed by atoms with van der Waals surface area (Å²) in [5.74, 6) is 4.09. The molecule has 0 radical (unpaired) electrons. The predicted molar refractivity (Wildman–Crippen MR) is 56.3 cm³/mol. The van der Waals surface area contributed by atoms with E-state index in [1.54, 1.807) is 11.9 Å². The Morgan fingerprint density at radius 3 is 2.53 bits per heavy atom. The minimum Gasteiger partial charge on any atom is -0.357 e. The zero-order valence-electron chi connectivity index (χ0n) is 9.12.